The van der Waals surface area contributed by atoms with Gasteiger partial charge in [-0.3, -0.25) is 10.00 Å². The number of halogens is 1. The molecule has 4 rings (SSSR count). The number of aromatic amines is 1. The van der Waals surface area contributed by atoms with E-state index in [2.05, 4.69) is 30.4 Å². The lowest BCUT2D eigenvalue weighted by Crippen LogP contribution is -2.34. The molecule has 146 valence electrons. The molecule has 3 heterocycles. The molecule has 1 aliphatic rings. The van der Waals surface area contributed by atoms with Gasteiger partial charge in [-0.25, -0.2) is 14.4 Å². The molecule has 1 aromatic carbocycles. The van der Waals surface area contributed by atoms with E-state index in [1.54, 1.807) is 0 Å². The summed E-state index contributed by atoms with van der Waals surface area (Å²) < 4.78 is 13.3. The molecule has 0 amide bonds. The van der Waals surface area contributed by atoms with E-state index in [-0.39, 0.29) is 5.82 Å². The van der Waals surface area contributed by atoms with E-state index in [0.717, 1.165) is 61.4 Å². The van der Waals surface area contributed by atoms with Gasteiger partial charge in [0, 0.05) is 54.8 Å². The van der Waals surface area contributed by atoms with Gasteiger partial charge in [-0.05, 0) is 44.0 Å². The summed E-state index contributed by atoms with van der Waals surface area (Å²) >= 11 is 0. The maximum Gasteiger partial charge on any atom is 0.222 e. The maximum absolute atomic E-state index is 13.3. The lowest BCUT2D eigenvalue weighted by Gasteiger charge is -2.32. The van der Waals surface area contributed by atoms with Gasteiger partial charge >= 0.3 is 0 Å². The van der Waals surface area contributed by atoms with Crippen LogP contribution < -0.4 is 5.32 Å². The Balaban J connectivity index is 1.46. The Hall–Kier alpha value is -2.80. The zero-order chi connectivity index (χ0) is 19.3. The zero-order valence-electron chi connectivity index (χ0n) is 16.0. The monoisotopic (exact) mass is 380 g/mol. The first-order chi connectivity index (χ1) is 13.7. The minimum Gasteiger partial charge on any atom is -0.355 e. The summed E-state index contributed by atoms with van der Waals surface area (Å²) in [4.78, 5) is 11.2. The molecular weight excluding hydrogens is 355 g/mol. The summed E-state index contributed by atoms with van der Waals surface area (Å²) in [5.74, 6) is 0.822. The summed E-state index contributed by atoms with van der Waals surface area (Å²) in [6, 6.07) is 6.62. The molecule has 3 aromatic rings. The van der Waals surface area contributed by atoms with Crippen molar-refractivity contribution >= 4 is 5.95 Å². The van der Waals surface area contributed by atoms with Crippen LogP contribution in [0.5, 0.6) is 0 Å². The lowest BCUT2D eigenvalue weighted by atomic mass is 9.90. The average Bonchev–Trinajstić information content (AvgIpc) is 3.20. The van der Waals surface area contributed by atoms with E-state index in [4.69, 9.17) is 0 Å². The first-order valence-corrected chi connectivity index (χ1v) is 9.79. The maximum atomic E-state index is 13.3. The van der Waals surface area contributed by atoms with Crippen LogP contribution in [0.1, 0.15) is 36.9 Å². The lowest BCUT2D eigenvalue weighted by molar-refractivity contribution is 0.198. The van der Waals surface area contributed by atoms with Crippen molar-refractivity contribution in [3.8, 4) is 11.1 Å². The molecule has 28 heavy (non-hydrogen) atoms. The van der Waals surface area contributed by atoms with Gasteiger partial charge in [0.2, 0.25) is 5.95 Å². The number of anilines is 1. The normalized spacial score (nSPS) is 17.6. The Morgan fingerprint density at radius 1 is 1.18 bits per heavy atom. The van der Waals surface area contributed by atoms with Crippen molar-refractivity contribution in [2.45, 2.75) is 32.2 Å². The third-order valence-corrected chi connectivity index (χ3v) is 5.18. The third-order valence-electron chi connectivity index (χ3n) is 5.18. The van der Waals surface area contributed by atoms with Gasteiger partial charge in [0.25, 0.3) is 0 Å². The number of hydrogen-bond donors (Lipinski definition) is 2. The minimum atomic E-state index is -0.222. The average molecular weight is 380 g/mol. The van der Waals surface area contributed by atoms with Crippen LogP contribution >= 0.6 is 0 Å². The van der Waals surface area contributed by atoms with Gasteiger partial charge in [0.1, 0.15) is 5.82 Å². The Kier molecular flexibility index (Phi) is 5.62. The molecule has 2 N–H and O–H groups in total. The highest BCUT2D eigenvalue weighted by Crippen LogP contribution is 2.33. The van der Waals surface area contributed by atoms with Gasteiger partial charge in [0.05, 0.1) is 6.20 Å². The van der Waals surface area contributed by atoms with Crippen LogP contribution in [0.25, 0.3) is 11.1 Å². The summed E-state index contributed by atoms with van der Waals surface area (Å²) in [6.45, 7) is 5.69. The quantitative estimate of drug-likeness (QED) is 0.680. The zero-order valence-corrected chi connectivity index (χ0v) is 16.0. The molecule has 0 saturated carbocycles. The highest BCUT2D eigenvalue weighted by molar-refractivity contribution is 5.65. The smallest absolute Gasteiger partial charge is 0.222 e. The van der Waals surface area contributed by atoms with E-state index in [0.29, 0.717) is 11.9 Å². The topological polar surface area (TPSA) is 69.7 Å². The first-order valence-electron chi connectivity index (χ1n) is 9.79. The fraction of sp³-hybridized carbons (Fsp3) is 0.381. The van der Waals surface area contributed by atoms with E-state index in [9.17, 15) is 4.39 Å². The van der Waals surface area contributed by atoms with Crippen LogP contribution in [0.4, 0.5) is 10.3 Å². The number of benzene rings is 1. The molecule has 1 saturated heterocycles. The predicted molar refractivity (Wildman–Crippen MR) is 107 cm³/mol. The van der Waals surface area contributed by atoms with Crippen molar-refractivity contribution in [2.24, 2.45) is 0 Å². The summed E-state index contributed by atoms with van der Waals surface area (Å²) in [6.07, 6.45) is 7.88. The number of rotatable bonds is 6. The number of piperidine rings is 1. The van der Waals surface area contributed by atoms with Gasteiger partial charge < -0.3 is 5.32 Å². The molecule has 0 bridgehead atoms. The van der Waals surface area contributed by atoms with Crippen LogP contribution in [-0.4, -0.2) is 44.7 Å². The van der Waals surface area contributed by atoms with E-state index >= 15 is 0 Å². The highest BCUT2D eigenvalue weighted by atomic mass is 19.1. The Morgan fingerprint density at radius 3 is 2.71 bits per heavy atom. The minimum absolute atomic E-state index is 0.222. The highest BCUT2D eigenvalue weighted by Gasteiger charge is 2.25. The number of aromatic nitrogens is 4. The number of H-pyrrole nitrogens is 1. The summed E-state index contributed by atoms with van der Waals surface area (Å²) in [5, 5.41) is 10.6. The van der Waals surface area contributed by atoms with Crippen molar-refractivity contribution in [3.05, 3.63) is 59.9 Å². The molecule has 0 radical (unpaired) electrons. The fourth-order valence-electron chi connectivity index (χ4n) is 3.85. The second-order valence-corrected chi connectivity index (χ2v) is 7.22. The van der Waals surface area contributed by atoms with Crippen molar-refractivity contribution in [1.82, 2.24) is 25.1 Å². The molecule has 1 atom stereocenters. The predicted octanol–water partition coefficient (Wildman–Crippen LogP) is 3.82. The van der Waals surface area contributed by atoms with Crippen molar-refractivity contribution in [1.29, 1.82) is 0 Å². The molecule has 0 aliphatic carbocycles. The molecule has 7 heteroatoms. The van der Waals surface area contributed by atoms with Crippen LogP contribution in [0.2, 0.25) is 0 Å². The van der Waals surface area contributed by atoms with Crippen LogP contribution in [0.3, 0.4) is 0 Å². The summed E-state index contributed by atoms with van der Waals surface area (Å²) in [5.41, 5.74) is 4.31. The Morgan fingerprint density at radius 2 is 1.96 bits per heavy atom. The number of nitrogens with zero attached hydrogens (tertiary/aromatic N) is 4. The third kappa shape index (κ3) is 4.20. The van der Waals surface area contributed by atoms with E-state index < -0.39 is 0 Å². The van der Waals surface area contributed by atoms with Gasteiger partial charge in [-0.15, -0.1) is 0 Å². The van der Waals surface area contributed by atoms with Crippen molar-refractivity contribution in [3.63, 3.8) is 0 Å². The standard InChI is InChI=1S/C21H25FN6/c1-2-23-21-24-10-15(11-25-21)13-28-9-3-4-17(14-28)20-19(12-26-27-20)16-5-7-18(22)8-6-16/h5-8,10-12,17H,2-4,9,13-14H2,1H3,(H,26,27)(H,23,24,25)/t17-/m1/s1. The second kappa shape index (κ2) is 8.48. The van der Waals surface area contributed by atoms with E-state index in [1.807, 2.05) is 37.6 Å². The van der Waals surface area contributed by atoms with Gasteiger partial charge in [-0.2, -0.15) is 5.10 Å². The molecule has 0 spiro atoms. The van der Waals surface area contributed by atoms with Crippen LogP contribution in [0.15, 0.2) is 42.9 Å². The van der Waals surface area contributed by atoms with Crippen molar-refractivity contribution in [2.75, 3.05) is 25.0 Å². The molecule has 1 aliphatic heterocycles. The molecule has 6 nitrogen and oxygen atoms in total. The number of hydrogen-bond acceptors (Lipinski definition) is 5. The van der Waals surface area contributed by atoms with Crippen LogP contribution in [0, 0.1) is 5.82 Å². The largest absolute Gasteiger partial charge is 0.355 e. The molecule has 1 fully saturated rings. The molecule has 2 aromatic heterocycles. The van der Waals surface area contributed by atoms with Crippen molar-refractivity contribution < 1.29 is 4.39 Å². The van der Waals surface area contributed by atoms with Gasteiger partial charge in [0.15, 0.2) is 0 Å². The SMILES string of the molecule is CCNc1ncc(CN2CCC[C@@H](c3[nH]ncc3-c3ccc(F)cc3)C2)cn1. The Bertz CT molecular complexity index is 890. The van der Waals surface area contributed by atoms with Crippen LogP contribution in [-0.2, 0) is 6.54 Å². The second-order valence-electron chi connectivity index (χ2n) is 7.22. The fourth-order valence-corrected chi connectivity index (χ4v) is 3.85. The molecule has 0 unspecified atom stereocenters. The van der Waals surface area contributed by atoms with E-state index in [1.165, 1.54) is 12.1 Å². The number of likely N-dealkylation sites (tertiary alicyclic amines) is 1. The molecular formula is C21H25FN6. The number of nitrogens with one attached hydrogen (secondary N) is 2. The Labute approximate surface area is 164 Å². The first kappa shape index (κ1) is 18.6. The summed E-state index contributed by atoms with van der Waals surface area (Å²) in [7, 11) is 0. The van der Waals surface area contributed by atoms with Gasteiger partial charge in [-0.1, -0.05) is 12.1 Å².